The van der Waals surface area contributed by atoms with Crippen LogP contribution in [-0.2, 0) is 14.0 Å². The van der Waals surface area contributed by atoms with Crippen molar-refractivity contribution in [2.75, 3.05) is 0 Å². The minimum atomic E-state index is -2.97. The Morgan fingerprint density at radius 3 is 2.04 bits per heavy atom. The second-order valence-corrected chi connectivity index (χ2v) is 9.85. The van der Waals surface area contributed by atoms with Crippen LogP contribution in [0.4, 0.5) is 0 Å². The van der Waals surface area contributed by atoms with Gasteiger partial charge in [0.05, 0.1) is 6.10 Å². The summed E-state index contributed by atoms with van der Waals surface area (Å²) in [5.74, 6) is -0.642. The SMILES string of the molecule is CC1(C)O[C@H]2CCC=C(P(=O)(c3ccccc3)c3ccccc3)[C@H]2O1. The number of hydrogen-bond donors (Lipinski definition) is 0. The van der Waals surface area contributed by atoms with E-state index in [4.69, 9.17) is 9.47 Å². The fourth-order valence-electron chi connectivity index (χ4n) is 3.84. The lowest BCUT2D eigenvalue weighted by Crippen LogP contribution is -2.32. The Kier molecular flexibility index (Phi) is 4.19. The van der Waals surface area contributed by atoms with Crippen molar-refractivity contribution in [3.05, 3.63) is 72.1 Å². The molecule has 0 N–H and O–H groups in total. The highest BCUT2D eigenvalue weighted by molar-refractivity contribution is 7.82. The number of benzene rings is 2. The molecule has 2 atom stereocenters. The molecule has 0 aromatic heterocycles. The van der Waals surface area contributed by atoms with E-state index in [0.29, 0.717) is 0 Å². The van der Waals surface area contributed by atoms with Crippen LogP contribution in [-0.4, -0.2) is 18.0 Å². The van der Waals surface area contributed by atoms with Crippen molar-refractivity contribution in [1.82, 2.24) is 0 Å². The normalized spacial score (nSPS) is 25.3. The summed E-state index contributed by atoms with van der Waals surface area (Å²) in [6.07, 6.45) is 3.60. The number of hydrogen-bond acceptors (Lipinski definition) is 3. The van der Waals surface area contributed by atoms with E-state index < -0.39 is 12.9 Å². The van der Waals surface area contributed by atoms with E-state index in [1.165, 1.54) is 0 Å². The van der Waals surface area contributed by atoms with Crippen molar-refractivity contribution >= 4 is 17.8 Å². The van der Waals surface area contributed by atoms with E-state index in [9.17, 15) is 4.57 Å². The molecule has 1 saturated heterocycles. The lowest BCUT2D eigenvalue weighted by molar-refractivity contribution is -0.143. The van der Waals surface area contributed by atoms with E-state index in [0.717, 1.165) is 28.8 Å². The fraction of sp³-hybridized carbons (Fsp3) is 0.333. The Bertz CT molecular complexity index is 783. The van der Waals surface area contributed by atoms with Gasteiger partial charge in [-0.25, -0.2) is 0 Å². The van der Waals surface area contributed by atoms with E-state index in [-0.39, 0.29) is 12.2 Å². The Labute approximate surface area is 149 Å². The fourth-order valence-corrected chi connectivity index (χ4v) is 6.88. The van der Waals surface area contributed by atoms with E-state index >= 15 is 0 Å². The standard InChI is InChI=1S/C21H23O3P/c1-21(2)23-18-14-9-15-19(20(18)24-21)25(22,16-10-5-3-6-11-16)17-12-7-4-8-13-17/h3-8,10-13,15,18,20H,9,14H2,1-2H3/t18-,20-/m0/s1. The van der Waals surface area contributed by atoms with Gasteiger partial charge in [0.2, 0.25) is 0 Å². The molecule has 25 heavy (non-hydrogen) atoms. The van der Waals surface area contributed by atoms with Gasteiger partial charge in [-0.15, -0.1) is 0 Å². The van der Waals surface area contributed by atoms with Crippen LogP contribution in [0.15, 0.2) is 72.1 Å². The van der Waals surface area contributed by atoms with Crippen molar-refractivity contribution in [2.45, 2.75) is 44.7 Å². The van der Waals surface area contributed by atoms with Crippen LogP contribution in [0.25, 0.3) is 0 Å². The first-order chi connectivity index (χ1) is 12.0. The van der Waals surface area contributed by atoms with Crippen molar-refractivity contribution in [3.63, 3.8) is 0 Å². The zero-order chi connectivity index (χ0) is 17.5. The summed E-state index contributed by atoms with van der Waals surface area (Å²) in [7, 11) is -2.97. The molecule has 1 aliphatic carbocycles. The monoisotopic (exact) mass is 354 g/mol. The zero-order valence-electron chi connectivity index (χ0n) is 14.6. The molecule has 130 valence electrons. The maximum atomic E-state index is 14.5. The van der Waals surface area contributed by atoms with Crippen molar-refractivity contribution < 1.29 is 14.0 Å². The molecule has 0 spiro atoms. The van der Waals surface area contributed by atoms with Gasteiger partial charge in [0.25, 0.3) is 0 Å². The lowest BCUT2D eigenvalue weighted by Gasteiger charge is -2.31. The number of ether oxygens (including phenoxy) is 2. The van der Waals surface area contributed by atoms with Gasteiger partial charge >= 0.3 is 0 Å². The Balaban J connectivity index is 1.88. The third-order valence-corrected chi connectivity index (χ3v) is 8.10. The smallest absolute Gasteiger partial charge is 0.169 e. The van der Waals surface area contributed by atoms with Gasteiger partial charge in [-0.3, -0.25) is 0 Å². The molecule has 0 bridgehead atoms. The second-order valence-electron chi connectivity index (χ2n) is 7.08. The highest BCUT2D eigenvalue weighted by atomic mass is 31.2. The third kappa shape index (κ3) is 2.91. The van der Waals surface area contributed by atoms with Crippen LogP contribution in [0.3, 0.4) is 0 Å². The van der Waals surface area contributed by atoms with Gasteiger partial charge in [0.15, 0.2) is 12.9 Å². The highest BCUT2D eigenvalue weighted by Crippen LogP contribution is 2.57. The van der Waals surface area contributed by atoms with Crippen molar-refractivity contribution in [2.24, 2.45) is 0 Å². The molecule has 0 unspecified atom stereocenters. The third-order valence-electron chi connectivity index (χ3n) is 4.88. The van der Waals surface area contributed by atoms with E-state index in [1.54, 1.807) is 0 Å². The van der Waals surface area contributed by atoms with Crippen molar-refractivity contribution in [3.8, 4) is 0 Å². The molecule has 3 nitrogen and oxygen atoms in total. The Hall–Kier alpha value is -1.67. The van der Waals surface area contributed by atoms with Crippen LogP contribution >= 0.6 is 7.14 Å². The maximum absolute atomic E-state index is 14.5. The summed E-state index contributed by atoms with van der Waals surface area (Å²) < 4.78 is 26.8. The highest BCUT2D eigenvalue weighted by Gasteiger charge is 2.49. The van der Waals surface area contributed by atoms with Crippen LogP contribution in [0, 0.1) is 0 Å². The van der Waals surface area contributed by atoms with Crippen LogP contribution in [0.1, 0.15) is 26.7 Å². The van der Waals surface area contributed by atoms with Gasteiger partial charge in [-0.05, 0) is 26.7 Å². The molecule has 1 fully saturated rings. The van der Waals surface area contributed by atoms with Crippen molar-refractivity contribution in [1.29, 1.82) is 0 Å². The molecule has 2 aromatic carbocycles. The summed E-state index contributed by atoms with van der Waals surface area (Å²) in [5, 5.41) is 2.58. The van der Waals surface area contributed by atoms with Gasteiger partial charge < -0.3 is 14.0 Å². The molecule has 2 aliphatic rings. The largest absolute Gasteiger partial charge is 0.344 e. The summed E-state index contributed by atoms with van der Waals surface area (Å²) in [6.45, 7) is 3.86. The number of fused-ring (bicyclic) bond motifs is 1. The molecule has 2 aromatic rings. The van der Waals surface area contributed by atoms with Gasteiger partial charge in [0, 0.05) is 15.9 Å². The van der Waals surface area contributed by atoms with Crippen LogP contribution in [0.2, 0.25) is 0 Å². The molecule has 0 saturated carbocycles. The molecule has 0 radical (unpaired) electrons. The summed E-state index contributed by atoms with van der Waals surface area (Å²) in [6, 6.07) is 19.5. The zero-order valence-corrected chi connectivity index (χ0v) is 15.5. The molecule has 4 heteroatoms. The Morgan fingerprint density at radius 1 is 0.920 bits per heavy atom. The molecular formula is C21H23O3P. The lowest BCUT2D eigenvalue weighted by atomic mass is 10.0. The molecule has 4 rings (SSSR count). The first kappa shape index (κ1) is 16.8. The van der Waals surface area contributed by atoms with Crippen LogP contribution < -0.4 is 10.6 Å². The summed E-state index contributed by atoms with van der Waals surface area (Å²) in [4.78, 5) is 0. The first-order valence-corrected chi connectivity index (χ1v) is 10.5. The average molecular weight is 354 g/mol. The minimum absolute atomic E-state index is 0.0317. The molecule has 1 heterocycles. The average Bonchev–Trinajstić information content (AvgIpc) is 2.96. The predicted molar refractivity (Wildman–Crippen MR) is 101 cm³/mol. The first-order valence-electron chi connectivity index (χ1n) is 8.78. The van der Waals surface area contributed by atoms with Gasteiger partial charge in [-0.1, -0.05) is 66.7 Å². The topological polar surface area (TPSA) is 35.5 Å². The quantitative estimate of drug-likeness (QED) is 0.775. The van der Waals surface area contributed by atoms with Crippen LogP contribution in [0.5, 0.6) is 0 Å². The molecular weight excluding hydrogens is 331 g/mol. The van der Waals surface area contributed by atoms with E-state index in [1.807, 2.05) is 74.5 Å². The molecule has 0 amide bonds. The van der Waals surface area contributed by atoms with E-state index in [2.05, 4.69) is 6.08 Å². The van der Waals surface area contributed by atoms with Gasteiger partial charge in [-0.2, -0.15) is 0 Å². The maximum Gasteiger partial charge on any atom is 0.169 e. The second kappa shape index (κ2) is 6.25. The minimum Gasteiger partial charge on any atom is -0.344 e. The summed E-state index contributed by atoms with van der Waals surface area (Å²) in [5.41, 5.74) is 0. The predicted octanol–water partition coefficient (Wildman–Crippen LogP) is 4.20. The summed E-state index contributed by atoms with van der Waals surface area (Å²) >= 11 is 0. The number of allylic oxidation sites excluding steroid dienone is 1. The van der Waals surface area contributed by atoms with Gasteiger partial charge in [0.1, 0.15) is 6.10 Å². The number of rotatable bonds is 3. The Morgan fingerprint density at radius 2 is 1.48 bits per heavy atom. The molecule has 1 aliphatic heterocycles.